The molecule has 1 aromatic rings. The van der Waals surface area contributed by atoms with Crippen LogP contribution < -0.4 is 17.7 Å². The average Bonchev–Trinajstić information content (AvgIpc) is 3.01. The first-order chi connectivity index (χ1) is 9.68. The lowest BCUT2D eigenvalue weighted by molar-refractivity contribution is -0.693. The SMILES string of the molecule is CC([NH2+]CCC(=O)C1=CCCC1)C(O)c1ccccc1.[Cl-]. The number of hydrogen-bond donors (Lipinski definition) is 2. The number of rotatable bonds is 7. The molecule has 21 heavy (non-hydrogen) atoms. The Labute approximate surface area is 132 Å². The van der Waals surface area contributed by atoms with Crippen LogP contribution in [0.4, 0.5) is 0 Å². The molecular weight excluding hydrogens is 286 g/mol. The molecular formula is C17H24ClNO2. The zero-order chi connectivity index (χ0) is 14.4. The molecule has 1 aliphatic carbocycles. The summed E-state index contributed by atoms with van der Waals surface area (Å²) < 4.78 is 0. The van der Waals surface area contributed by atoms with Crippen molar-refractivity contribution in [3.05, 3.63) is 47.5 Å². The molecule has 0 saturated heterocycles. The van der Waals surface area contributed by atoms with Crippen LogP contribution in [0.15, 0.2) is 42.0 Å². The molecule has 0 fully saturated rings. The van der Waals surface area contributed by atoms with Crippen LogP contribution in [0.2, 0.25) is 0 Å². The highest BCUT2D eigenvalue weighted by Gasteiger charge is 2.20. The molecule has 2 rings (SSSR count). The fourth-order valence-corrected chi connectivity index (χ4v) is 2.64. The number of carbonyl (C=O) groups excluding carboxylic acids is 1. The highest BCUT2D eigenvalue weighted by molar-refractivity contribution is 5.95. The van der Waals surface area contributed by atoms with Crippen molar-refractivity contribution in [2.75, 3.05) is 6.54 Å². The Morgan fingerprint density at radius 1 is 1.33 bits per heavy atom. The number of aliphatic hydroxyl groups is 1. The van der Waals surface area contributed by atoms with E-state index in [0.29, 0.717) is 6.42 Å². The monoisotopic (exact) mass is 309 g/mol. The maximum absolute atomic E-state index is 11.9. The van der Waals surface area contributed by atoms with Crippen LogP contribution in [0, 0.1) is 0 Å². The van der Waals surface area contributed by atoms with Gasteiger partial charge in [-0.15, -0.1) is 0 Å². The molecule has 0 bridgehead atoms. The van der Waals surface area contributed by atoms with Crippen molar-refractivity contribution in [2.24, 2.45) is 0 Å². The Bertz CT molecular complexity index is 473. The van der Waals surface area contributed by atoms with Gasteiger partial charge in [-0.25, -0.2) is 0 Å². The zero-order valence-corrected chi connectivity index (χ0v) is 13.2. The van der Waals surface area contributed by atoms with Crippen LogP contribution in [0.3, 0.4) is 0 Å². The van der Waals surface area contributed by atoms with E-state index >= 15 is 0 Å². The predicted octanol–water partition coefficient (Wildman–Crippen LogP) is -1.25. The Morgan fingerprint density at radius 2 is 2.05 bits per heavy atom. The third-order valence-electron chi connectivity index (χ3n) is 3.95. The third kappa shape index (κ3) is 5.27. The van der Waals surface area contributed by atoms with E-state index in [1.807, 2.05) is 37.3 Å². The second-order valence-corrected chi connectivity index (χ2v) is 5.53. The van der Waals surface area contributed by atoms with Gasteiger partial charge in [-0.2, -0.15) is 0 Å². The van der Waals surface area contributed by atoms with Gasteiger partial charge >= 0.3 is 0 Å². The lowest BCUT2D eigenvalue weighted by atomic mass is 10.0. The highest BCUT2D eigenvalue weighted by atomic mass is 35.5. The number of nitrogens with two attached hydrogens (primary N) is 1. The number of allylic oxidation sites excluding steroid dienone is 2. The van der Waals surface area contributed by atoms with Crippen molar-refractivity contribution in [3.63, 3.8) is 0 Å². The van der Waals surface area contributed by atoms with Gasteiger partial charge < -0.3 is 22.8 Å². The van der Waals surface area contributed by atoms with Crippen LogP contribution in [-0.4, -0.2) is 23.5 Å². The van der Waals surface area contributed by atoms with Gasteiger partial charge in [0.15, 0.2) is 5.78 Å². The van der Waals surface area contributed by atoms with E-state index in [9.17, 15) is 9.90 Å². The summed E-state index contributed by atoms with van der Waals surface area (Å²) in [4.78, 5) is 11.9. The van der Waals surface area contributed by atoms with E-state index in [4.69, 9.17) is 0 Å². The van der Waals surface area contributed by atoms with Gasteiger partial charge in [0.05, 0.1) is 13.0 Å². The summed E-state index contributed by atoms with van der Waals surface area (Å²) in [5.74, 6) is 0.278. The lowest BCUT2D eigenvalue weighted by Gasteiger charge is -2.17. The number of carbonyl (C=O) groups is 1. The van der Waals surface area contributed by atoms with E-state index in [1.54, 1.807) is 0 Å². The van der Waals surface area contributed by atoms with E-state index in [2.05, 4.69) is 11.4 Å². The van der Waals surface area contributed by atoms with Gasteiger partial charge in [-0.1, -0.05) is 36.4 Å². The van der Waals surface area contributed by atoms with Gasteiger partial charge in [0.2, 0.25) is 0 Å². The summed E-state index contributed by atoms with van der Waals surface area (Å²) in [7, 11) is 0. The van der Waals surface area contributed by atoms with Crippen molar-refractivity contribution < 1.29 is 27.6 Å². The molecule has 2 unspecified atom stereocenters. The Morgan fingerprint density at radius 3 is 2.67 bits per heavy atom. The summed E-state index contributed by atoms with van der Waals surface area (Å²) in [6.45, 7) is 2.73. The molecule has 4 heteroatoms. The summed E-state index contributed by atoms with van der Waals surface area (Å²) in [5.41, 5.74) is 1.94. The van der Waals surface area contributed by atoms with Crippen molar-refractivity contribution in [2.45, 2.75) is 44.8 Å². The number of Topliss-reactive ketones (excluding diaryl/α,β-unsaturated/α-hetero) is 1. The first kappa shape index (κ1) is 17.9. The third-order valence-corrected chi connectivity index (χ3v) is 3.95. The summed E-state index contributed by atoms with van der Waals surface area (Å²) in [5, 5.41) is 12.3. The second kappa shape index (κ2) is 8.98. The molecule has 0 spiro atoms. The largest absolute Gasteiger partial charge is 1.00 e. The standard InChI is InChI=1S/C17H23NO2.ClH/c1-13(17(20)15-9-3-2-4-10-15)18-12-11-16(19)14-7-5-6-8-14;/h2-4,7,9-10,13,17-18,20H,5-6,8,11-12H2,1H3;1H. The molecule has 0 amide bonds. The maximum Gasteiger partial charge on any atom is 0.164 e. The minimum Gasteiger partial charge on any atom is -1.00 e. The molecule has 0 heterocycles. The summed E-state index contributed by atoms with van der Waals surface area (Å²) in [6, 6.07) is 9.73. The van der Waals surface area contributed by atoms with Crippen molar-refractivity contribution in [1.82, 2.24) is 0 Å². The molecule has 0 aromatic heterocycles. The van der Waals surface area contributed by atoms with E-state index in [-0.39, 0.29) is 24.2 Å². The molecule has 116 valence electrons. The fourth-order valence-electron chi connectivity index (χ4n) is 2.64. The van der Waals surface area contributed by atoms with E-state index < -0.39 is 6.10 Å². The van der Waals surface area contributed by atoms with Crippen LogP contribution in [0.25, 0.3) is 0 Å². The van der Waals surface area contributed by atoms with Crippen LogP contribution in [0.1, 0.15) is 44.3 Å². The van der Waals surface area contributed by atoms with Gasteiger partial charge in [0, 0.05) is 0 Å². The topological polar surface area (TPSA) is 53.9 Å². The first-order valence-electron chi connectivity index (χ1n) is 7.47. The van der Waals surface area contributed by atoms with E-state index in [0.717, 1.165) is 36.9 Å². The summed E-state index contributed by atoms with van der Waals surface area (Å²) in [6.07, 6.45) is 5.27. The Hall–Kier alpha value is -1.16. The first-order valence-corrected chi connectivity index (χ1v) is 7.47. The maximum atomic E-state index is 11.9. The number of hydrogen-bond acceptors (Lipinski definition) is 2. The molecule has 3 nitrogen and oxygen atoms in total. The lowest BCUT2D eigenvalue weighted by Crippen LogP contribution is -3.00. The molecule has 1 aliphatic rings. The Balaban J connectivity index is 0.00000220. The molecule has 0 aliphatic heterocycles. The quantitative estimate of drug-likeness (QED) is 0.661. The number of aliphatic hydroxyl groups excluding tert-OH is 1. The highest BCUT2D eigenvalue weighted by Crippen LogP contribution is 2.19. The number of halogens is 1. The molecule has 3 N–H and O–H groups in total. The van der Waals surface area contributed by atoms with Gasteiger partial charge in [-0.3, -0.25) is 4.79 Å². The van der Waals surface area contributed by atoms with Gasteiger partial charge in [0.1, 0.15) is 12.1 Å². The van der Waals surface area contributed by atoms with E-state index in [1.165, 1.54) is 0 Å². The Kier molecular flexibility index (Phi) is 7.65. The zero-order valence-electron chi connectivity index (χ0n) is 12.5. The fraction of sp³-hybridized carbons (Fsp3) is 0.471. The van der Waals surface area contributed by atoms with Crippen molar-refractivity contribution in [3.8, 4) is 0 Å². The smallest absolute Gasteiger partial charge is 0.164 e. The molecule has 0 radical (unpaired) electrons. The minimum absolute atomic E-state index is 0. The minimum atomic E-state index is -0.489. The normalized spacial score (nSPS) is 16.8. The summed E-state index contributed by atoms with van der Waals surface area (Å²) >= 11 is 0. The average molecular weight is 310 g/mol. The van der Waals surface area contributed by atoms with Gasteiger partial charge in [0.25, 0.3) is 0 Å². The second-order valence-electron chi connectivity index (χ2n) is 5.53. The molecule has 1 aromatic carbocycles. The number of benzene rings is 1. The van der Waals surface area contributed by atoms with Gasteiger partial charge in [-0.05, 0) is 37.3 Å². The van der Waals surface area contributed by atoms with Crippen molar-refractivity contribution in [1.29, 1.82) is 0 Å². The predicted molar refractivity (Wildman–Crippen MR) is 79.2 cm³/mol. The number of ketones is 1. The molecule has 2 atom stereocenters. The number of quaternary nitrogens is 1. The van der Waals surface area contributed by atoms with Crippen LogP contribution in [-0.2, 0) is 4.79 Å². The molecule has 0 saturated carbocycles. The van der Waals surface area contributed by atoms with Crippen molar-refractivity contribution >= 4 is 5.78 Å². The van der Waals surface area contributed by atoms with Crippen LogP contribution in [0.5, 0.6) is 0 Å². The van der Waals surface area contributed by atoms with Crippen LogP contribution >= 0.6 is 0 Å².